The minimum atomic E-state index is -1.28. The Morgan fingerprint density at radius 2 is 0.576 bits per heavy atom. The molecule has 0 rings (SSSR count). The van der Waals surface area contributed by atoms with E-state index in [0.29, 0.717) is 12.8 Å². The second-order valence-electron chi connectivity index (χ2n) is 16.0. The number of hydrogen-bond donors (Lipinski definition) is 2. The summed E-state index contributed by atoms with van der Waals surface area (Å²) in [4.78, 5) is 67.0. The molecular formula is C46H84MgN2O10. The van der Waals surface area contributed by atoms with Gasteiger partial charge < -0.3 is 40.7 Å². The van der Waals surface area contributed by atoms with Crippen LogP contribution >= 0.6 is 0 Å². The number of nitrogens with two attached hydrogens (primary N) is 2. The second kappa shape index (κ2) is 47.0. The number of carbonyl (C=O) groups excluding carboxylic acids is 6. The summed E-state index contributed by atoms with van der Waals surface area (Å²) in [6, 6.07) is -2.20. The number of rotatable bonds is 40. The van der Waals surface area contributed by atoms with E-state index < -0.39 is 47.9 Å². The first-order chi connectivity index (χ1) is 27.9. The maximum Gasteiger partial charge on any atom is 2.00 e. The van der Waals surface area contributed by atoms with E-state index in [4.69, 9.17) is 11.5 Å². The van der Waals surface area contributed by atoms with E-state index in [1.807, 2.05) is 0 Å². The van der Waals surface area contributed by atoms with Gasteiger partial charge in [-0.3, -0.25) is 9.59 Å². The van der Waals surface area contributed by atoms with Gasteiger partial charge in [0.15, 0.2) is 0 Å². The van der Waals surface area contributed by atoms with Gasteiger partial charge in [-0.05, 0) is 38.5 Å². The number of ether oxygens (including phenoxy) is 2. The maximum atomic E-state index is 11.6. The van der Waals surface area contributed by atoms with E-state index in [-0.39, 0.29) is 61.6 Å². The Kier molecular flexibility index (Phi) is 48.7. The molecule has 340 valence electrons. The third-order valence-electron chi connectivity index (χ3n) is 10.3. The molecule has 0 unspecified atom stereocenters. The number of aliphatic carboxylic acids is 2. The van der Waals surface area contributed by atoms with Crippen LogP contribution in [0.5, 0.6) is 0 Å². The summed E-state index contributed by atoms with van der Waals surface area (Å²) in [5.74, 6) is -5.47. The molecule has 0 aliphatic heterocycles. The van der Waals surface area contributed by atoms with E-state index in [1.165, 1.54) is 154 Å². The Morgan fingerprint density at radius 3 is 0.780 bits per heavy atom. The minimum Gasteiger partial charge on any atom is -0.550 e. The molecule has 0 aromatic carbocycles. The summed E-state index contributed by atoms with van der Waals surface area (Å²) in [5, 5.41) is 20.7. The molecule has 2 atom stereocenters. The van der Waals surface area contributed by atoms with Gasteiger partial charge in [0.2, 0.25) is 0 Å². The largest absolute Gasteiger partial charge is 2.00 e. The number of carbonyl (C=O) groups is 6. The van der Waals surface area contributed by atoms with E-state index >= 15 is 0 Å². The van der Waals surface area contributed by atoms with Crippen molar-refractivity contribution in [3.63, 3.8) is 0 Å². The third-order valence-corrected chi connectivity index (χ3v) is 10.3. The average Bonchev–Trinajstić information content (AvgIpc) is 3.19. The van der Waals surface area contributed by atoms with Crippen molar-refractivity contribution in [2.75, 3.05) is 0 Å². The van der Waals surface area contributed by atoms with Gasteiger partial charge in [-0.1, -0.05) is 194 Å². The molecule has 13 heteroatoms. The molecule has 0 aromatic rings. The van der Waals surface area contributed by atoms with Gasteiger partial charge in [0.05, 0.1) is 0 Å². The number of carboxylic acids is 2. The molecule has 0 fully saturated rings. The Balaban J connectivity index is -0.00000105. The van der Waals surface area contributed by atoms with Crippen LogP contribution in [0.3, 0.4) is 0 Å². The normalized spacial score (nSPS) is 11.7. The Morgan fingerprint density at radius 1 is 0.373 bits per heavy atom. The topological polar surface area (TPSA) is 219 Å². The van der Waals surface area contributed by atoms with Crippen molar-refractivity contribution in [2.24, 2.45) is 11.5 Å². The van der Waals surface area contributed by atoms with Gasteiger partial charge in [-0.25, -0.2) is 9.59 Å². The van der Waals surface area contributed by atoms with Crippen LogP contribution in [0.2, 0.25) is 0 Å². The van der Waals surface area contributed by atoms with Crippen LogP contribution in [0.25, 0.3) is 0 Å². The van der Waals surface area contributed by atoms with Crippen molar-refractivity contribution in [1.29, 1.82) is 0 Å². The third kappa shape index (κ3) is 48.4. The molecule has 0 saturated heterocycles. The molecule has 0 aliphatic carbocycles. The fourth-order valence-electron chi connectivity index (χ4n) is 6.54. The summed E-state index contributed by atoms with van der Waals surface area (Å²) in [5.41, 5.74) is 11.0. The van der Waals surface area contributed by atoms with E-state index in [1.54, 1.807) is 0 Å². The first kappa shape index (κ1) is 61.2. The fourth-order valence-corrected chi connectivity index (χ4v) is 6.54. The van der Waals surface area contributed by atoms with Crippen LogP contribution in [0.4, 0.5) is 0 Å². The number of hydrogen-bond acceptors (Lipinski definition) is 12. The zero-order chi connectivity index (χ0) is 43.5. The van der Waals surface area contributed by atoms with Gasteiger partial charge in [0.1, 0.15) is 12.1 Å². The van der Waals surface area contributed by atoms with Crippen molar-refractivity contribution in [3.05, 3.63) is 0 Å². The Bertz CT molecular complexity index is 965. The summed E-state index contributed by atoms with van der Waals surface area (Å²) in [6.45, 7) is 4.50. The molecule has 0 spiro atoms. The van der Waals surface area contributed by atoms with Crippen LogP contribution in [-0.4, -0.2) is 71.0 Å². The standard InChI is InChI=1S/2C23H43NO5.Mg/c2*1-2-3-4-5-6-7-8-9-10-11-12-13-14-15-16-17-22(27)29-23(28)20(24)18-19-21(25)26;/h2*20H,2-19,24H2,1H3,(H,25,26);/q;;+2/p-2/t2*20-;/m00./s1. The smallest absolute Gasteiger partial charge is 0.550 e. The van der Waals surface area contributed by atoms with Crippen molar-refractivity contribution in [3.8, 4) is 0 Å². The van der Waals surface area contributed by atoms with Crippen molar-refractivity contribution >= 4 is 58.9 Å². The predicted molar refractivity (Wildman–Crippen MR) is 231 cm³/mol. The molecule has 0 aromatic heterocycles. The number of esters is 4. The number of unbranched alkanes of at least 4 members (excludes halogenated alkanes) is 28. The molecule has 0 bridgehead atoms. The van der Waals surface area contributed by atoms with Gasteiger partial charge in [0.25, 0.3) is 0 Å². The van der Waals surface area contributed by atoms with Crippen molar-refractivity contribution in [1.82, 2.24) is 0 Å². The fraction of sp³-hybridized carbons (Fsp3) is 0.870. The van der Waals surface area contributed by atoms with Crippen molar-refractivity contribution < 1.29 is 48.5 Å². The molecule has 4 N–H and O–H groups in total. The first-order valence-corrected chi connectivity index (χ1v) is 23.3. The van der Waals surface area contributed by atoms with Gasteiger partial charge >= 0.3 is 46.9 Å². The average molecular weight is 849 g/mol. The van der Waals surface area contributed by atoms with Gasteiger partial charge in [-0.2, -0.15) is 0 Å². The van der Waals surface area contributed by atoms with Crippen LogP contribution < -0.4 is 21.7 Å². The predicted octanol–water partition coefficient (Wildman–Crippen LogP) is 7.97. The molecular weight excluding hydrogens is 765 g/mol. The summed E-state index contributed by atoms with van der Waals surface area (Å²) in [7, 11) is 0. The molecule has 0 saturated carbocycles. The summed E-state index contributed by atoms with van der Waals surface area (Å²) >= 11 is 0. The van der Waals surface area contributed by atoms with Crippen LogP contribution in [0, 0.1) is 0 Å². The first-order valence-electron chi connectivity index (χ1n) is 23.3. The minimum absolute atomic E-state index is 0. The van der Waals surface area contributed by atoms with E-state index in [2.05, 4.69) is 23.3 Å². The maximum absolute atomic E-state index is 11.6. The monoisotopic (exact) mass is 849 g/mol. The zero-order valence-corrected chi connectivity index (χ0v) is 39.0. The molecule has 0 aliphatic rings. The Hall–Kier alpha value is -2.09. The zero-order valence-electron chi connectivity index (χ0n) is 37.6. The molecule has 59 heavy (non-hydrogen) atoms. The quantitative estimate of drug-likeness (QED) is 0.0260. The molecule has 0 heterocycles. The molecule has 12 nitrogen and oxygen atoms in total. The molecule has 0 amide bonds. The van der Waals surface area contributed by atoms with Crippen LogP contribution in [0.1, 0.15) is 245 Å². The summed E-state index contributed by atoms with van der Waals surface area (Å²) in [6.07, 6.45) is 37.0. The second-order valence-corrected chi connectivity index (χ2v) is 16.0. The molecule has 0 radical (unpaired) electrons. The van der Waals surface area contributed by atoms with Crippen molar-refractivity contribution in [2.45, 2.75) is 257 Å². The van der Waals surface area contributed by atoms with Gasteiger partial charge in [-0.15, -0.1) is 0 Å². The number of carboxylic acid groups (broad SMARTS) is 2. The Labute approximate surface area is 374 Å². The van der Waals surface area contributed by atoms with Crippen LogP contribution in [0.15, 0.2) is 0 Å². The SMILES string of the molecule is CCCCCCCCCCCCCCCCCC(=O)OC(=O)[C@@H](N)CCC(=O)[O-].CCCCCCCCCCCCCCCCCC(=O)OC(=O)[C@@H](N)CCC(=O)[O-].[Mg+2]. The van der Waals surface area contributed by atoms with Gasteiger partial charge in [0, 0.05) is 24.8 Å². The van der Waals surface area contributed by atoms with Crippen LogP contribution in [-0.2, 0) is 38.2 Å². The van der Waals surface area contributed by atoms with E-state index in [0.717, 1.165) is 25.7 Å². The van der Waals surface area contributed by atoms with E-state index in [9.17, 15) is 39.0 Å². The summed E-state index contributed by atoms with van der Waals surface area (Å²) < 4.78 is 9.29.